The molecule has 3 aromatic carbocycles. The molecule has 0 amide bonds. The lowest BCUT2D eigenvalue weighted by atomic mass is 10.2. The minimum atomic E-state index is 0.515. The molecular weight excluding hydrogens is 384 g/mol. The molecule has 2 heterocycles. The monoisotopic (exact) mass is 402 g/mol. The van der Waals surface area contributed by atoms with Gasteiger partial charge in [0.25, 0.3) is 0 Å². The Morgan fingerprint density at radius 1 is 0.759 bits per heavy atom. The Bertz CT molecular complexity index is 1240. The van der Waals surface area contributed by atoms with E-state index in [1.54, 1.807) is 0 Å². The maximum atomic E-state index is 5.65. The highest BCUT2D eigenvalue weighted by Gasteiger charge is 2.14. The smallest absolute Gasteiger partial charge is 0.175 e. The molecule has 6 nitrogen and oxygen atoms in total. The van der Waals surface area contributed by atoms with Gasteiger partial charge in [0.1, 0.15) is 13.2 Å². The predicted molar refractivity (Wildman–Crippen MR) is 119 cm³/mol. The molecule has 2 N–H and O–H groups in total. The molecule has 0 radical (unpaired) electrons. The van der Waals surface area contributed by atoms with Crippen molar-refractivity contribution in [1.29, 1.82) is 0 Å². The van der Waals surface area contributed by atoms with Crippen molar-refractivity contribution in [2.75, 3.05) is 23.8 Å². The minimum Gasteiger partial charge on any atom is -0.486 e. The fraction of sp³-hybridized carbons (Fsp3) is 0.136. The molecule has 1 aromatic heterocycles. The standard InChI is InChI=1S/C22H18N4O2S/c1-13-2-4-14(5-3-13)23-22(29)24-15-6-7-16-17(10-15)26-19-12-21-20(11-18(19)25-16)27-8-9-28-21/h2-7,10-12H,8-9H2,1H3,(H2,23,24,29). The number of hydrogen-bond donors (Lipinski definition) is 2. The van der Waals surface area contributed by atoms with E-state index in [1.807, 2.05) is 54.6 Å². The highest BCUT2D eigenvalue weighted by molar-refractivity contribution is 7.80. The normalized spacial score (nSPS) is 12.7. The van der Waals surface area contributed by atoms with Crippen LogP contribution in [0.25, 0.3) is 22.1 Å². The van der Waals surface area contributed by atoms with Gasteiger partial charge < -0.3 is 20.1 Å². The van der Waals surface area contributed by atoms with Crippen molar-refractivity contribution in [3.8, 4) is 11.5 Å². The molecule has 0 atom stereocenters. The number of rotatable bonds is 2. The zero-order valence-electron chi connectivity index (χ0n) is 15.7. The molecule has 1 aliphatic rings. The second kappa shape index (κ2) is 7.18. The Balaban J connectivity index is 1.42. The van der Waals surface area contributed by atoms with E-state index in [0.29, 0.717) is 29.8 Å². The average molecular weight is 402 g/mol. The SMILES string of the molecule is Cc1ccc(NC(=S)Nc2ccc3nc4cc5c(cc4nc3c2)OCCO5)cc1. The third kappa shape index (κ3) is 3.64. The van der Waals surface area contributed by atoms with Gasteiger partial charge in [0.2, 0.25) is 0 Å². The summed E-state index contributed by atoms with van der Waals surface area (Å²) < 4.78 is 11.3. The maximum Gasteiger partial charge on any atom is 0.175 e. The van der Waals surface area contributed by atoms with Crippen molar-refractivity contribution >= 4 is 50.8 Å². The van der Waals surface area contributed by atoms with Gasteiger partial charge >= 0.3 is 0 Å². The van der Waals surface area contributed by atoms with Crippen LogP contribution in [-0.2, 0) is 0 Å². The van der Waals surface area contributed by atoms with Crippen molar-refractivity contribution in [3.05, 3.63) is 60.2 Å². The van der Waals surface area contributed by atoms with E-state index in [1.165, 1.54) is 5.56 Å². The third-order valence-electron chi connectivity index (χ3n) is 4.66. The summed E-state index contributed by atoms with van der Waals surface area (Å²) in [6, 6.07) is 17.6. The highest BCUT2D eigenvalue weighted by atomic mass is 32.1. The lowest BCUT2D eigenvalue weighted by Gasteiger charge is -2.18. The average Bonchev–Trinajstić information content (AvgIpc) is 2.72. The van der Waals surface area contributed by atoms with E-state index in [4.69, 9.17) is 31.7 Å². The molecule has 0 saturated heterocycles. The largest absolute Gasteiger partial charge is 0.486 e. The molecule has 0 unspecified atom stereocenters. The van der Waals surface area contributed by atoms with Gasteiger partial charge in [-0.05, 0) is 49.5 Å². The van der Waals surface area contributed by atoms with Gasteiger partial charge in [-0.2, -0.15) is 0 Å². The first-order valence-corrected chi connectivity index (χ1v) is 9.71. The number of fused-ring (bicyclic) bond motifs is 3. The molecule has 7 heteroatoms. The predicted octanol–water partition coefficient (Wildman–Crippen LogP) is 4.67. The van der Waals surface area contributed by atoms with Gasteiger partial charge in [-0.3, -0.25) is 0 Å². The lowest BCUT2D eigenvalue weighted by Crippen LogP contribution is -2.19. The van der Waals surface area contributed by atoms with Crippen LogP contribution < -0.4 is 20.1 Å². The number of aryl methyl sites for hydroxylation is 1. The van der Waals surface area contributed by atoms with Crippen LogP contribution in [0.1, 0.15) is 5.56 Å². The van der Waals surface area contributed by atoms with Gasteiger partial charge in [-0.15, -0.1) is 0 Å². The molecule has 0 spiro atoms. The van der Waals surface area contributed by atoms with Crippen LogP contribution in [0.3, 0.4) is 0 Å². The van der Waals surface area contributed by atoms with Crippen LogP contribution in [0.4, 0.5) is 11.4 Å². The number of benzene rings is 3. The van der Waals surface area contributed by atoms with E-state index in [0.717, 1.165) is 33.4 Å². The zero-order valence-corrected chi connectivity index (χ0v) is 16.5. The first kappa shape index (κ1) is 17.6. The molecule has 0 fully saturated rings. The summed E-state index contributed by atoms with van der Waals surface area (Å²) in [6.07, 6.45) is 0. The summed E-state index contributed by atoms with van der Waals surface area (Å²) in [5, 5.41) is 6.90. The Morgan fingerprint density at radius 2 is 1.31 bits per heavy atom. The molecule has 0 saturated carbocycles. The van der Waals surface area contributed by atoms with Crippen LogP contribution in [-0.4, -0.2) is 28.3 Å². The van der Waals surface area contributed by atoms with Gasteiger partial charge in [0.05, 0.1) is 22.1 Å². The van der Waals surface area contributed by atoms with E-state index >= 15 is 0 Å². The number of ether oxygens (including phenoxy) is 2. The number of nitrogens with one attached hydrogen (secondary N) is 2. The van der Waals surface area contributed by atoms with Crippen molar-refractivity contribution < 1.29 is 9.47 Å². The van der Waals surface area contributed by atoms with E-state index in [-0.39, 0.29) is 0 Å². The number of hydrogen-bond acceptors (Lipinski definition) is 5. The van der Waals surface area contributed by atoms with Crippen LogP contribution in [0, 0.1) is 6.92 Å². The summed E-state index contributed by atoms with van der Waals surface area (Å²) >= 11 is 5.43. The molecule has 29 heavy (non-hydrogen) atoms. The molecule has 0 bridgehead atoms. The van der Waals surface area contributed by atoms with E-state index in [9.17, 15) is 0 Å². The number of anilines is 2. The minimum absolute atomic E-state index is 0.515. The summed E-state index contributed by atoms with van der Waals surface area (Å²) in [7, 11) is 0. The summed E-state index contributed by atoms with van der Waals surface area (Å²) in [4.78, 5) is 9.45. The fourth-order valence-corrected chi connectivity index (χ4v) is 3.46. The number of aromatic nitrogens is 2. The Kier molecular flexibility index (Phi) is 4.37. The van der Waals surface area contributed by atoms with Crippen LogP contribution in [0.5, 0.6) is 11.5 Å². The Morgan fingerprint density at radius 3 is 2.00 bits per heavy atom. The fourth-order valence-electron chi connectivity index (χ4n) is 3.22. The van der Waals surface area contributed by atoms with Crippen LogP contribution in [0.15, 0.2) is 54.6 Å². The van der Waals surface area contributed by atoms with Crippen molar-refractivity contribution in [2.24, 2.45) is 0 Å². The summed E-state index contributed by atoms with van der Waals surface area (Å²) in [5.74, 6) is 1.42. The summed E-state index contributed by atoms with van der Waals surface area (Å²) in [6.45, 7) is 3.14. The van der Waals surface area contributed by atoms with Gasteiger partial charge in [0, 0.05) is 23.5 Å². The molecule has 144 valence electrons. The molecule has 0 aliphatic carbocycles. The van der Waals surface area contributed by atoms with Gasteiger partial charge in [0.15, 0.2) is 16.6 Å². The third-order valence-corrected chi connectivity index (χ3v) is 4.87. The summed E-state index contributed by atoms with van der Waals surface area (Å²) in [5.41, 5.74) is 6.10. The molecule has 1 aliphatic heterocycles. The van der Waals surface area contributed by atoms with Gasteiger partial charge in [-0.1, -0.05) is 17.7 Å². The number of thiocarbonyl (C=S) groups is 1. The van der Waals surface area contributed by atoms with Crippen LogP contribution in [0.2, 0.25) is 0 Å². The van der Waals surface area contributed by atoms with Crippen molar-refractivity contribution in [3.63, 3.8) is 0 Å². The molecular formula is C22H18N4O2S. The highest BCUT2D eigenvalue weighted by Crippen LogP contribution is 2.34. The van der Waals surface area contributed by atoms with Crippen molar-refractivity contribution in [2.45, 2.75) is 6.92 Å². The topological polar surface area (TPSA) is 68.3 Å². The maximum absolute atomic E-state index is 5.65. The van der Waals surface area contributed by atoms with Crippen molar-refractivity contribution in [1.82, 2.24) is 9.97 Å². The quantitative estimate of drug-likeness (QED) is 0.373. The van der Waals surface area contributed by atoms with Crippen LogP contribution >= 0.6 is 12.2 Å². The van der Waals surface area contributed by atoms with E-state index in [2.05, 4.69) is 17.6 Å². The first-order chi connectivity index (χ1) is 14.1. The Labute approximate surface area is 172 Å². The first-order valence-electron chi connectivity index (χ1n) is 9.30. The molecule has 4 aromatic rings. The van der Waals surface area contributed by atoms with Gasteiger partial charge in [-0.25, -0.2) is 9.97 Å². The van der Waals surface area contributed by atoms with E-state index < -0.39 is 0 Å². The lowest BCUT2D eigenvalue weighted by molar-refractivity contribution is 0.172. The molecule has 5 rings (SSSR count). The second-order valence-electron chi connectivity index (χ2n) is 6.86. The number of nitrogens with zero attached hydrogens (tertiary/aromatic N) is 2. The zero-order chi connectivity index (χ0) is 19.8. The second-order valence-corrected chi connectivity index (χ2v) is 7.27. The Hall–Kier alpha value is -3.45.